The molecule has 0 bridgehead atoms. The van der Waals surface area contributed by atoms with Crippen molar-refractivity contribution >= 4 is 29.9 Å². The third-order valence-corrected chi connectivity index (χ3v) is 6.08. The molecule has 0 radical (unpaired) electrons. The molecule has 1 aliphatic heterocycles. The smallest absolute Gasteiger partial charge is 0.191 e. The van der Waals surface area contributed by atoms with E-state index in [-0.39, 0.29) is 35.8 Å². The van der Waals surface area contributed by atoms with E-state index < -0.39 is 0 Å². The lowest BCUT2D eigenvalue weighted by Gasteiger charge is -2.32. The number of likely N-dealkylation sites (tertiary alicyclic amines) is 1. The van der Waals surface area contributed by atoms with Gasteiger partial charge in [0.1, 0.15) is 0 Å². The topological polar surface area (TPSA) is 58.1 Å². The molecule has 2 fully saturated rings. The van der Waals surface area contributed by atoms with E-state index in [1.165, 1.54) is 25.7 Å². The Morgan fingerprint density at radius 2 is 1.97 bits per heavy atom. The van der Waals surface area contributed by atoms with E-state index in [1.54, 1.807) is 26.3 Å². The van der Waals surface area contributed by atoms with Gasteiger partial charge in [0.25, 0.3) is 0 Å². The van der Waals surface area contributed by atoms with Crippen LogP contribution in [0.25, 0.3) is 0 Å². The molecule has 8 heteroatoms. The van der Waals surface area contributed by atoms with Crippen molar-refractivity contribution in [3.05, 3.63) is 29.6 Å². The summed E-state index contributed by atoms with van der Waals surface area (Å²) in [7, 11) is 3.52. The molecule has 1 atom stereocenters. The molecule has 1 aromatic rings. The largest absolute Gasteiger partial charge is 0.490 e. The molecule has 1 saturated heterocycles. The van der Waals surface area contributed by atoms with Crippen molar-refractivity contribution in [3.8, 4) is 5.75 Å². The number of guanidine groups is 1. The Bertz CT molecular complexity index is 694. The van der Waals surface area contributed by atoms with Crippen LogP contribution in [0.15, 0.2) is 23.2 Å². The second-order valence-corrected chi connectivity index (χ2v) is 8.54. The van der Waals surface area contributed by atoms with E-state index in [2.05, 4.69) is 20.5 Å². The van der Waals surface area contributed by atoms with Gasteiger partial charge in [-0.05, 0) is 75.2 Å². The molecule has 0 amide bonds. The minimum Gasteiger partial charge on any atom is -0.490 e. The van der Waals surface area contributed by atoms with Gasteiger partial charge in [0.05, 0.1) is 19.3 Å². The fourth-order valence-electron chi connectivity index (χ4n) is 3.75. The minimum absolute atomic E-state index is 0. The number of halogens is 2. The number of piperidine rings is 1. The quantitative estimate of drug-likeness (QED) is 0.265. The first-order valence-corrected chi connectivity index (χ1v) is 11.2. The lowest BCUT2D eigenvalue weighted by molar-refractivity contribution is 0.121. The standard InChI is InChI=1S/C23H37FN4O2.HI/c1-17(20-6-7-22(21(24)14-20)30-16-19-4-5-19)27-23(25-2)26-15-18-8-10-28(11-9-18)12-13-29-3;/h6-7,14,17-19H,4-5,8-13,15-16H2,1-3H3,(H2,25,26,27);1H. The van der Waals surface area contributed by atoms with Crippen LogP contribution >= 0.6 is 24.0 Å². The van der Waals surface area contributed by atoms with E-state index in [4.69, 9.17) is 9.47 Å². The van der Waals surface area contributed by atoms with Crippen LogP contribution in [-0.2, 0) is 4.74 Å². The summed E-state index contributed by atoms with van der Waals surface area (Å²) in [6.07, 6.45) is 4.74. The van der Waals surface area contributed by atoms with Crippen LogP contribution in [0.4, 0.5) is 4.39 Å². The van der Waals surface area contributed by atoms with Gasteiger partial charge in [0, 0.05) is 27.2 Å². The number of hydrogen-bond donors (Lipinski definition) is 2. The summed E-state index contributed by atoms with van der Waals surface area (Å²) in [5, 5.41) is 6.81. The lowest BCUT2D eigenvalue weighted by atomic mass is 9.97. The van der Waals surface area contributed by atoms with Gasteiger partial charge in [0.15, 0.2) is 17.5 Å². The van der Waals surface area contributed by atoms with Crippen molar-refractivity contribution in [2.24, 2.45) is 16.8 Å². The molecule has 0 aromatic heterocycles. The Morgan fingerprint density at radius 3 is 2.58 bits per heavy atom. The van der Waals surface area contributed by atoms with Gasteiger partial charge < -0.3 is 25.0 Å². The van der Waals surface area contributed by atoms with Crippen molar-refractivity contribution < 1.29 is 13.9 Å². The zero-order chi connectivity index (χ0) is 21.3. The molecule has 3 rings (SSSR count). The number of benzene rings is 1. The molecule has 2 aliphatic rings. The Labute approximate surface area is 203 Å². The molecule has 1 aromatic carbocycles. The van der Waals surface area contributed by atoms with Gasteiger partial charge in [-0.15, -0.1) is 24.0 Å². The fourth-order valence-corrected chi connectivity index (χ4v) is 3.75. The maximum Gasteiger partial charge on any atom is 0.191 e. The molecule has 6 nitrogen and oxygen atoms in total. The first-order valence-electron chi connectivity index (χ1n) is 11.2. The lowest BCUT2D eigenvalue weighted by Crippen LogP contribution is -2.43. The Hall–Kier alpha value is -1.13. The molecule has 1 aliphatic carbocycles. The molecule has 31 heavy (non-hydrogen) atoms. The summed E-state index contributed by atoms with van der Waals surface area (Å²) < 4.78 is 25.1. The molecule has 1 saturated carbocycles. The average molecular weight is 548 g/mol. The average Bonchev–Trinajstić information content (AvgIpc) is 3.59. The monoisotopic (exact) mass is 548 g/mol. The summed E-state index contributed by atoms with van der Waals surface area (Å²) in [6.45, 7) is 7.57. The van der Waals surface area contributed by atoms with Crippen LogP contribution in [-0.4, -0.2) is 64.4 Å². The van der Waals surface area contributed by atoms with Crippen LogP contribution in [0.2, 0.25) is 0 Å². The van der Waals surface area contributed by atoms with Crippen molar-refractivity contribution in [3.63, 3.8) is 0 Å². The van der Waals surface area contributed by atoms with E-state index >= 15 is 0 Å². The second-order valence-electron chi connectivity index (χ2n) is 8.54. The zero-order valence-corrected chi connectivity index (χ0v) is 21.4. The summed E-state index contributed by atoms with van der Waals surface area (Å²) in [5.41, 5.74) is 0.876. The summed E-state index contributed by atoms with van der Waals surface area (Å²) >= 11 is 0. The maximum atomic E-state index is 14.4. The van der Waals surface area contributed by atoms with Crippen LogP contribution in [0, 0.1) is 17.7 Å². The number of ether oxygens (including phenoxy) is 2. The summed E-state index contributed by atoms with van der Waals surface area (Å²) in [4.78, 5) is 6.80. The number of nitrogens with one attached hydrogen (secondary N) is 2. The number of aliphatic imine (C=N–C) groups is 1. The molecule has 1 heterocycles. The van der Waals surface area contributed by atoms with Gasteiger partial charge >= 0.3 is 0 Å². The molecule has 1 unspecified atom stereocenters. The van der Waals surface area contributed by atoms with Crippen molar-refractivity contribution in [1.82, 2.24) is 15.5 Å². The van der Waals surface area contributed by atoms with Crippen molar-refractivity contribution in [2.45, 2.75) is 38.6 Å². The second kappa shape index (κ2) is 13.4. The molecular weight excluding hydrogens is 510 g/mol. The number of nitrogens with zero attached hydrogens (tertiary/aromatic N) is 2. The van der Waals surface area contributed by atoms with Gasteiger partial charge in [0.2, 0.25) is 0 Å². The fraction of sp³-hybridized carbons (Fsp3) is 0.696. The van der Waals surface area contributed by atoms with Crippen LogP contribution in [0.5, 0.6) is 5.75 Å². The normalized spacial score (nSPS) is 18.9. The first-order chi connectivity index (χ1) is 14.6. The molecule has 0 spiro atoms. The highest BCUT2D eigenvalue weighted by molar-refractivity contribution is 14.0. The zero-order valence-electron chi connectivity index (χ0n) is 19.0. The number of hydrogen-bond acceptors (Lipinski definition) is 4. The van der Waals surface area contributed by atoms with E-state index in [1.807, 2.05) is 13.0 Å². The van der Waals surface area contributed by atoms with E-state index in [0.29, 0.717) is 24.2 Å². The highest BCUT2D eigenvalue weighted by atomic mass is 127. The predicted octanol–water partition coefficient (Wildman–Crippen LogP) is 3.82. The van der Waals surface area contributed by atoms with E-state index in [9.17, 15) is 4.39 Å². The highest BCUT2D eigenvalue weighted by Crippen LogP contribution is 2.30. The Kier molecular flexibility index (Phi) is 11.3. The van der Waals surface area contributed by atoms with Gasteiger partial charge in [-0.2, -0.15) is 0 Å². The number of rotatable bonds is 10. The minimum atomic E-state index is -0.301. The molecule has 176 valence electrons. The van der Waals surface area contributed by atoms with Crippen molar-refractivity contribution in [1.29, 1.82) is 0 Å². The van der Waals surface area contributed by atoms with Crippen molar-refractivity contribution in [2.75, 3.05) is 53.6 Å². The Morgan fingerprint density at radius 1 is 1.23 bits per heavy atom. The predicted molar refractivity (Wildman–Crippen MR) is 134 cm³/mol. The van der Waals surface area contributed by atoms with Gasteiger partial charge in [-0.1, -0.05) is 6.07 Å². The maximum absolute atomic E-state index is 14.4. The van der Waals surface area contributed by atoms with Crippen LogP contribution in [0.3, 0.4) is 0 Å². The van der Waals surface area contributed by atoms with Gasteiger partial charge in [-0.3, -0.25) is 4.99 Å². The third-order valence-electron chi connectivity index (χ3n) is 6.08. The molecular formula is C23H38FIN4O2. The molecule has 2 N–H and O–H groups in total. The third kappa shape index (κ3) is 8.73. The number of methoxy groups -OCH3 is 1. The highest BCUT2D eigenvalue weighted by Gasteiger charge is 2.23. The first kappa shape index (κ1) is 26.1. The van der Waals surface area contributed by atoms with Crippen LogP contribution < -0.4 is 15.4 Å². The Balaban J connectivity index is 0.00000341. The van der Waals surface area contributed by atoms with E-state index in [0.717, 1.165) is 44.3 Å². The SMILES string of the molecule is CN=C(NCC1CCN(CCOC)CC1)NC(C)c1ccc(OCC2CC2)c(F)c1.I. The van der Waals surface area contributed by atoms with Crippen LogP contribution in [0.1, 0.15) is 44.2 Å². The van der Waals surface area contributed by atoms with Gasteiger partial charge in [-0.25, -0.2) is 4.39 Å². The summed E-state index contributed by atoms with van der Waals surface area (Å²) in [5.74, 6) is 2.04. The summed E-state index contributed by atoms with van der Waals surface area (Å²) in [6, 6.07) is 5.16.